The van der Waals surface area contributed by atoms with Crippen LogP contribution in [0.25, 0.3) is 0 Å². The Morgan fingerprint density at radius 2 is 1.71 bits per heavy atom. The Morgan fingerprint density at radius 3 is 2.24 bits per heavy atom. The molecule has 1 fully saturated rings. The van der Waals surface area contributed by atoms with E-state index < -0.39 is 10.0 Å². The summed E-state index contributed by atoms with van der Waals surface area (Å²) in [5, 5.41) is 3.04. The highest BCUT2D eigenvalue weighted by molar-refractivity contribution is 7.92. The largest absolute Gasteiger partial charge is 0.349 e. The molecule has 1 aliphatic rings. The smallest absolute Gasteiger partial charge is 0.251 e. The molecule has 0 aromatic heterocycles. The zero-order valence-corrected chi connectivity index (χ0v) is 13.3. The number of hydrogen-bond acceptors (Lipinski definition) is 3. The van der Waals surface area contributed by atoms with E-state index in [1.165, 1.54) is 30.6 Å². The van der Waals surface area contributed by atoms with Crippen molar-refractivity contribution in [2.24, 2.45) is 0 Å². The molecule has 0 atom stereocenters. The van der Waals surface area contributed by atoms with E-state index in [0.717, 1.165) is 19.1 Å². The van der Waals surface area contributed by atoms with Crippen LogP contribution in [0.15, 0.2) is 24.3 Å². The zero-order chi connectivity index (χ0) is 15.5. The normalized spacial score (nSPS) is 16.5. The predicted molar refractivity (Wildman–Crippen MR) is 84.0 cm³/mol. The number of anilines is 1. The molecule has 6 heteroatoms. The number of carbonyl (C=O) groups is 1. The lowest BCUT2D eigenvalue weighted by atomic mass is 9.95. The van der Waals surface area contributed by atoms with Crippen molar-refractivity contribution < 1.29 is 13.2 Å². The van der Waals surface area contributed by atoms with Gasteiger partial charge in [0, 0.05) is 18.7 Å². The van der Waals surface area contributed by atoms with E-state index in [9.17, 15) is 13.2 Å². The maximum absolute atomic E-state index is 12.1. The van der Waals surface area contributed by atoms with Crippen LogP contribution in [0.5, 0.6) is 0 Å². The third-order valence-corrected chi connectivity index (χ3v) is 5.14. The zero-order valence-electron chi connectivity index (χ0n) is 12.5. The molecular formula is C15H22N2O3S. The van der Waals surface area contributed by atoms with E-state index in [1.54, 1.807) is 24.3 Å². The molecule has 1 N–H and O–H groups in total. The minimum absolute atomic E-state index is 0.0875. The highest BCUT2D eigenvalue weighted by atomic mass is 32.2. The number of hydrogen-bond donors (Lipinski definition) is 1. The van der Waals surface area contributed by atoms with E-state index in [0.29, 0.717) is 11.3 Å². The first-order valence-electron chi connectivity index (χ1n) is 7.23. The van der Waals surface area contributed by atoms with Crippen LogP contribution in [0.1, 0.15) is 42.5 Å². The number of nitrogens with zero attached hydrogens (tertiary/aromatic N) is 1. The van der Waals surface area contributed by atoms with Gasteiger partial charge >= 0.3 is 0 Å². The molecule has 1 amide bonds. The van der Waals surface area contributed by atoms with Gasteiger partial charge in [-0.05, 0) is 37.1 Å². The van der Waals surface area contributed by atoms with Crippen LogP contribution >= 0.6 is 0 Å². The van der Waals surface area contributed by atoms with Gasteiger partial charge in [0.25, 0.3) is 5.91 Å². The van der Waals surface area contributed by atoms with E-state index in [1.807, 2.05) is 0 Å². The second-order valence-corrected chi connectivity index (χ2v) is 7.60. The SMILES string of the molecule is CN(c1ccc(C(=O)NC2CCCCC2)cc1)S(C)(=O)=O. The molecule has 0 bridgehead atoms. The van der Waals surface area contributed by atoms with Crippen LogP contribution < -0.4 is 9.62 Å². The lowest BCUT2D eigenvalue weighted by Crippen LogP contribution is -2.36. The van der Waals surface area contributed by atoms with Crippen molar-refractivity contribution in [1.29, 1.82) is 0 Å². The minimum Gasteiger partial charge on any atom is -0.349 e. The Morgan fingerprint density at radius 1 is 1.14 bits per heavy atom. The first-order chi connectivity index (χ1) is 9.88. The Kier molecular flexibility index (Phi) is 4.88. The molecule has 21 heavy (non-hydrogen) atoms. The summed E-state index contributed by atoms with van der Waals surface area (Å²) in [6.07, 6.45) is 6.82. The Balaban J connectivity index is 2.02. The van der Waals surface area contributed by atoms with Crippen molar-refractivity contribution in [1.82, 2.24) is 5.32 Å². The minimum atomic E-state index is -3.28. The van der Waals surface area contributed by atoms with Crippen LogP contribution in [0, 0.1) is 0 Å². The standard InChI is InChI=1S/C15H22N2O3S/c1-17(21(2,19)20)14-10-8-12(9-11-14)15(18)16-13-6-4-3-5-7-13/h8-11,13H,3-7H2,1-2H3,(H,16,18). The maximum atomic E-state index is 12.1. The third kappa shape index (κ3) is 4.20. The van der Waals surface area contributed by atoms with Crippen LogP contribution in [-0.4, -0.2) is 33.7 Å². The molecule has 0 unspecified atom stereocenters. The molecule has 5 nitrogen and oxygen atoms in total. The Hall–Kier alpha value is -1.56. The number of benzene rings is 1. The lowest BCUT2D eigenvalue weighted by Gasteiger charge is -2.23. The fourth-order valence-corrected chi connectivity index (χ4v) is 3.03. The van der Waals surface area contributed by atoms with Gasteiger partial charge in [-0.2, -0.15) is 0 Å². The predicted octanol–water partition coefficient (Wildman–Crippen LogP) is 2.14. The summed E-state index contributed by atoms with van der Waals surface area (Å²) in [7, 11) is -1.79. The van der Waals surface area contributed by atoms with Crippen LogP contribution in [0.4, 0.5) is 5.69 Å². The van der Waals surface area contributed by atoms with Gasteiger partial charge in [0.1, 0.15) is 0 Å². The van der Waals surface area contributed by atoms with Crippen molar-refractivity contribution in [3.8, 4) is 0 Å². The molecule has 0 heterocycles. The van der Waals surface area contributed by atoms with Crippen molar-refractivity contribution >= 4 is 21.6 Å². The van der Waals surface area contributed by atoms with Crippen molar-refractivity contribution in [3.63, 3.8) is 0 Å². The van der Waals surface area contributed by atoms with Gasteiger partial charge in [-0.1, -0.05) is 19.3 Å². The second-order valence-electron chi connectivity index (χ2n) is 5.59. The van der Waals surface area contributed by atoms with E-state index in [4.69, 9.17) is 0 Å². The fourth-order valence-electron chi connectivity index (χ4n) is 2.53. The Labute approximate surface area is 126 Å². The molecule has 1 aliphatic carbocycles. The van der Waals surface area contributed by atoms with Gasteiger partial charge in [0.15, 0.2) is 0 Å². The van der Waals surface area contributed by atoms with Gasteiger partial charge in [-0.25, -0.2) is 8.42 Å². The van der Waals surface area contributed by atoms with Gasteiger partial charge in [0.05, 0.1) is 11.9 Å². The highest BCUT2D eigenvalue weighted by Crippen LogP contribution is 2.19. The maximum Gasteiger partial charge on any atom is 0.251 e. The van der Waals surface area contributed by atoms with Gasteiger partial charge < -0.3 is 5.32 Å². The summed E-state index contributed by atoms with van der Waals surface area (Å²) in [5.41, 5.74) is 1.11. The van der Waals surface area contributed by atoms with E-state index >= 15 is 0 Å². The fraction of sp³-hybridized carbons (Fsp3) is 0.533. The topological polar surface area (TPSA) is 66.5 Å². The molecule has 116 valence electrons. The van der Waals surface area contributed by atoms with Crippen LogP contribution in [-0.2, 0) is 10.0 Å². The number of sulfonamides is 1. The monoisotopic (exact) mass is 310 g/mol. The molecule has 0 spiro atoms. The molecule has 0 radical (unpaired) electrons. The summed E-state index contributed by atoms with van der Waals surface area (Å²) < 4.78 is 24.1. The molecule has 1 saturated carbocycles. The van der Waals surface area contributed by atoms with Gasteiger partial charge in [-0.3, -0.25) is 9.10 Å². The van der Waals surface area contributed by atoms with Crippen LogP contribution in [0.2, 0.25) is 0 Å². The van der Waals surface area contributed by atoms with Gasteiger partial charge in [-0.15, -0.1) is 0 Å². The third-order valence-electron chi connectivity index (χ3n) is 3.93. The first-order valence-corrected chi connectivity index (χ1v) is 9.07. The molecule has 1 aromatic rings. The van der Waals surface area contributed by atoms with Crippen molar-refractivity contribution in [3.05, 3.63) is 29.8 Å². The first kappa shape index (κ1) is 15.8. The average Bonchev–Trinajstić information content (AvgIpc) is 2.46. The molecule has 1 aromatic carbocycles. The summed E-state index contributed by atoms with van der Waals surface area (Å²) >= 11 is 0. The molecule has 2 rings (SSSR count). The number of carbonyl (C=O) groups excluding carboxylic acids is 1. The highest BCUT2D eigenvalue weighted by Gasteiger charge is 2.17. The number of nitrogens with one attached hydrogen (secondary N) is 1. The van der Waals surface area contributed by atoms with Crippen LogP contribution in [0.3, 0.4) is 0 Å². The molecule has 0 saturated heterocycles. The summed E-state index contributed by atoms with van der Waals surface area (Å²) in [5.74, 6) is -0.0875. The number of amides is 1. The van der Waals surface area contributed by atoms with Crippen molar-refractivity contribution in [2.45, 2.75) is 38.1 Å². The van der Waals surface area contributed by atoms with E-state index in [-0.39, 0.29) is 11.9 Å². The summed E-state index contributed by atoms with van der Waals surface area (Å²) in [6, 6.07) is 6.89. The second kappa shape index (κ2) is 6.47. The summed E-state index contributed by atoms with van der Waals surface area (Å²) in [6.45, 7) is 0. The lowest BCUT2D eigenvalue weighted by molar-refractivity contribution is 0.0927. The van der Waals surface area contributed by atoms with E-state index in [2.05, 4.69) is 5.32 Å². The summed E-state index contributed by atoms with van der Waals surface area (Å²) in [4.78, 5) is 12.1. The molecule has 0 aliphatic heterocycles. The Bertz CT molecular complexity index is 590. The van der Waals surface area contributed by atoms with Crippen molar-refractivity contribution in [2.75, 3.05) is 17.6 Å². The quantitative estimate of drug-likeness (QED) is 0.926. The number of rotatable bonds is 4. The van der Waals surface area contributed by atoms with Gasteiger partial charge in [0.2, 0.25) is 10.0 Å². The average molecular weight is 310 g/mol. The molecular weight excluding hydrogens is 288 g/mol.